The molecule has 0 aliphatic carbocycles. The second-order valence-corrected chi connectivity index (χ2v) is 4.80. The van der Waals surface area contributed by atoms with E-state index in [0.29, 0.717) is 6.42 Å². The number of aryl methyl sites for hydroxylation is 1. The SMILES string of the molecule is CCc1ccc(CC(O)(CC)C(C)C)nc1. The van der Waals surface area contributed by atoms with Crippen molar-refractivity contribution in [2.75, 3.05) is 0 Å². The van der Waals surface area contributed by atoms with Crippen molar-refractivity contribution < 1.29 is 5.11 Å². The van der Waals surface area contributed by atoms with Gasteiger partial charge in [0.15, 0.2) is 0 Å². The molecule has 0 radical (unpaired) electrons. The third-order valence-corrected chi connectivity index (χ3v) is 3.47. The molecule has 0 aromatic carbocycles. The number of pyridine rings is 1. The van der Waals surface area contributed by atoms with Crippen LogP contribution in [-0.2, 0) is 12.8 Å². The van der Waals surface area contributed by atoms with E-state index in [2.05, 4.69) is 31.8 Å². The molecular weight excluding hydrogens is 198 g/mol. The number of hydrogen-bond donors (Lipinski definition) is 1. The van der Waals surface area contributed by atoms with Crippen molar-refractivity contribution in [3.05, 3.63) is 29.6 Å². The van der Waals surface area contributed by atoms with Crippen molar-refractivity contribution in [2.24, 2.45) is 5.92 Å². The number of rotatable bonds is 5. The molecule has 0 aliphatic rings. The highest BCUT2D eigenvalue weighted by molar-refractivity contribution is 5.15. The van der Waals surface area contributed by atoms with E-state index in [9.17, 15) is 5.11 Å². The van der Waals surface area contributed by atoms with Crippen LogP contribution in [0.25, 0.3) is 0 Å². The maximum absolute atomic E-state index is 10.4. The Morgan fingerprint density at radius 3 is 2.38 bits per heavy atom. The molecule has 0 bridgehead atoms. The van der Waals surface area contributed by atoms with Gasteiger partial charge in [-0.25, -0.2) is 0 Å². The van der Waals surface area contributed by atoms with Crippen LogP contribution < -0.4 is 0 Å². The van der Waals surface area contributed by atoms with Crippen molar-refractivity contribution in [1.82, 2.24) is 4.98 Å². The van der Waals surface area contributed by atoms with Gasteiger partial charge in [-0.05, 0) is 30.4 Å². The largest absolute Gasteiger partial charge is 0.389 e. The van der Waals surface area contributed by atoms with Crippen LogP contribution in [0.15, 0.2) is 18.3 Å². The van der Waals surface area contributed by atoms with E-state index < -0.39 is 5.60 Å². The van der Waals surface area contributed by atoms with Crippen LogP contribution >= 0.6 is 0 Å². The summed E-state index contributed by atoms with van der Waals surface area (Å²) in [6.45, 7) is 8.27. The van der Waals surface area contributed by atoms with Gasteiger partial charge in [-0.3, -0.25) is 4.98 Å². The Morgan fingerprint density at radius 1 is 1.31 bits per heavy atom. The monoisotopic (exact) mass is 221 g/mol. The van der Waals surface area contributed by atoms with Crippen LogP contribution in [0.2, 0.25) is 0 Å². The first kappa shape index (κ1) is 13.2. The molecule has 1 rings (SSSR count). The second kappa shape index (κ2) is 5.44. The van der Waals surface area contributed by atoms with Crippen molar-refractivity contribution in [2.45, 2.75) is 52.6 Å². The summed E-state index contributed by atoms with van der Waals surface area (Å²) in [5.41, 5.74) is 1.60. The highest BCUT2D eigenvalue weighted by Crippen LogP contribution is 2.25. The summed E-state index contributed by atoms with van der Waals surface area (Å²) < 4.78 is 0. The van der Waals surface area contributed by atoms with Gasteiger partial charge < -0.3 is 5.11 Å². The van der Waals surface area contributed by atoms with Gasteiger partial charge in [0.1, 0.15) is 0 Å². The van der Waals surface area contributed by atoms with Gasteiger partial charge >= 0.3 is 0 Å². The second-order valence-electron chi connectivity index (χ2n) is 4.80. The smallest absolute Gasteiger partial charge is 0.0723 e. The van der Waals surface area contributed by atoms with Crippen LogP contribution in [0.1, 0.15) is 45.4 Å². The predicted molar refractivity (Wildman–Crippen MR) is 67.4 cm³/mol. The zero-order valence-corrected chi connectivity index (χ0v) is 10.8. The number of hydrogen-bond acceptors (Lipinski definition) is 2. The van der Waals surface area contributed by atoms with Gasteiger partial charge in [-0.2, -0.15) is 0 Å². The summed E-state index contributed by atoms with van der Waals surface area (Å²) >= 11 is 0. The molecule has 0 fully saturated rings. The Labute approximate surface area is 98.7 Å². The standard InChI is InChI=1S/C14H23NO/c1-5-12-7-8-13(15-10-12)9-14(16,6-2)11(3)4/h7-8,10-11,16H,5-6,9H2,1-4H3. The lowest BCUT2D eigenvalue weighted by molar-refractivity contribution is -0.00910. The molecule has 0 saturated heterocycles. The first-order chi connectivity index (χ1) is 7.51. The Morgan fingerprint density at radius 2 is 2.00 bits per heavy atom. The molecule has 16 heavy (non-hydrogen) atoms. The van der Waals surface area contributed by atoms with E-state index in [4.69, 9.17) is 0 Å². The third-order valence-electron chi connectivity index (χ3n) is 3.47. The highest BCUT2D eigenvalue weighted by atomic mass is 16.3. The number of aliphatic hydroxyl groups is 1. The minimum atomic E-state index is -0.624. The molecule has 1 atom stereocenters. The Kier molecular flexibility index (Phi) is 4.48. The van der Waals surface area contributed by atoms with Gasteiger partial charge in [0.05, 0.1) is 5.60 Å². The van der Waals surface area contributed by atoms with Crippen molar-refractivity contribution in [3.63, 3.8) is 0 Å². The van der Waals surface area contributed by atoms with E-state index in [0.717, 1.165) is 18.5 Å². The molecule has 0 amide bonds. The normalized spacial score (nSPS) is 15.1. The molecule has 0 saturated carbocycles. The van der Waals surface area contributed by atoms with Crippen molar-refractivity contribution in [1.29, 1.82) is 0 Å². The maximum Gasteiger partial charge on any atom is 0.0723 e. The molecule has 0 spiro atoms. The Bertz CT molecular complexity index is 318. The molecule has 1 aromatic heterocycles. The molecule has 0 aliphatic heterocycles. The molecule has 1 aromatic rings. The molecule has 90 valence electrons. The zero-order chi connectivity index (χ0) is 12.2. The van der Waals surface area contributed by atoms with E-state index >= 15 is 0 Å². The van der Waals surface area contributed by atoms with Gasteiger partial charge in [-0.15, -0.1) is 0 Å². The quantitative estimate of drug-likeness (QED) is 0.829. The lowest BCUT2D eigenvalue weighted by atomic mass is 9.83. The number of nitrogens with zero attached hydrogens (tertiary/aromatic N) is 1. The van der Waals surface area contributed by atoms with Gasteiger partial charge in [0.2, 0.25) is 0 Å². The van der Waals surface area contributed by atoms with E-state index in [1.807, 2.05) is 19.2 Å². The fourth-order valence-corrected chi connectivity index (χ4v) is 1.82. The average Bonchev–Trinajstić information content (AvgIpc) is 2.29. The average molecular weight is 221 g/mol. The van der Waals surface area contributed by atoms with Gasteiger partial charge in [0.25, 0.3) is 0 Å². The highest BCUT2D eigenvalue weighted by Gasteiger charge is 2.29. The van der Waals surface area contributed by atoms with Crippen molar-refractivity contribution in [3.8, 4) is 0 Å². The topological polar surface area (TPSA) is 33.1 Å². The molecule has 2 nitrogen and oxygen atoms in total. The summed E-state index contributed by atoms with van der Waals surface area (Å²) in [7, 11) is 0. The summed E-state index contributed by atoms with van der Waals surface area (Å²) in [6, 6.07) is 4.13. The maximum atomic E-state index is 10.4. The van der Waals surface area contributed by atoms with E-state index in [-0.39, 0.29) is 5.92 Å². The Hall–Kier alpha value is -0.890. The lowest BCUT2D eigenvalue weighted by Gasteiger charge is -2.30. The molecule has 1 heterocycles. The van der Waals surface area contributed by atoms with Gasteiger partial charge in [0, 0.05) is 18.3 Å². The Balaban J connectivity index is 2.78. The lowest BCUT2D eigenvalue weighted by Crippen LogP contribution is -2.36. The summed E-state index contributed by atoms with van der Waals surface area (Å²) in [4.78, 5) is 4.40. The van der Waals surface area contributed by atoms with E-state index in [1.54, 1.807) is 0 Å². The van der Waals surface area contributed by atoms with E-state index in [1.165, 1.54) is 5.56 Å². The minimum Gasteiger partial charge on any atom is -0.389 e. The summed E-state index contributed by atoms with van der Waals surface area (Å²) in [5.74, 6) is 0.255. The van der Waals surface area contributed by atoms with Crippen LogP contribution in [-0.4, -0.2) is 15.7 Å². The minimum absolute atomic E-state index is 0.255. The predicted octanol–water partition coefficient (Wildman–Crippen LogP) is 2.98. The number of aromatic nitrogens is 1. The molecule has 2 heteroatoms. The molecule has 1 unspecified atom stereocenters. The van der Waals surface area contributed by atoms with Crippen molar-refractivity contribution >= 4 is 0 Å². The van der Waals surface area contributed by atoms with Gasteiger partial charge in [-0.1, -0.05) is 33.8 Å². The van der Waals surface area contributed by atoms with Crippen LogP contribution in [0.3, 0.4) is 0 Å². The van der Waals surface area contributed by atoms with Crippen LogP contribution in [0, 0.1) is 5.92 Å². The first-order valence-electron chi connectivity index (χ1n) is 6.18. The van der Waals surface area contributed by atoms with Crippen LogP contribution in [0.5, 0.6) is 0 Å². The summed E-state index contributed by atoms with van der Waals surface area (Å²) in [6.07, 6.45) is 4.33. The molecule has 1 N–H and O–H groups in total. The molecular formula is C14H23NO. The zero-order valence-electron chi connectivity index (χ0n) is 10.8. The summed E-state index contributed by atoms with van der Waals surface area (Å²) in [5, 5.41) is 10.4. The fourth-order valence-electron chi connectivity index (χ4n) is 1.82. The first-order valence-corrected chi connectivity index (χ1v) is 6.18. The fraction of sp³-hybridized carbons (Fsp3) is 0.643. The van der Waals surface area contributed by atoms with Crippen LogP contribution in [0.4, 0.5) is 0 Å². The third kappa shape index (κ3) is 3.05.